The molecule has 0 saturated carbocycles. The molecule has 2 heterocycles. The number of esters is 1. The van der Waals surface area contributed by atoms with Crippen molar-refractivity contribution in [3.05, 3.63) is 16.0 Å². The summed E-state index contributed by atoms with van der Waals surface area (Å²) >= 11 is 1.11. The van der Waals surface area contributed by atoms with Crippen molar-refractivity contribution in [2.75, 3.05) is 45.7 Å². The van der Waals surface area contributed by atoms with Crippen LogP contribution in [0.2, 0.25) is 0 Å². The first-order valence-corrected chi connectivity index (χ1v) is 10.5. The third-order valence-electron chi connectivity index (χ3n) is 4.96. The van der Waals surface area contributed by atoms with Crippen molar-refractivity contribution in [1.82, 2.24) is 9.80 Å². The van der Waals surface area contributed by atoms with E-state index in [1.54, 1.807) is 27.9 Å². The Bertz CT molecular complexity index is 804. The predicted molar refractivity (Wildman–Crippen MR) is 111 cm³/mol. The average Bonchev–Trinajstić information content (AvgIpc) is 3.01. The van der Waals surface area contributed by atoms with E-state index in [-0.39, 0.29) is 29.9 Å². The van der Waals surface area contributed by atoms with Crippen LogP contribution >= 0.6 is 11.3 Å². The zero-order valence-electron chi connectivity index (χ0n) is 17.4. The molecule has 9 heteroatoms. The van der Waals surface area contributed by atoms with Gasteiger partial charge in [0.15, 0.2) is 0 Å². The first-order chi connectivity index (χ1) is 13.8. The highest BCUT2D eigenvalue weighted by Crippen LogP contribution is 2.35. The number of nitriles is 1. The standard InChI is InChI=1S/C20H28N4O4S/c1-5-28-20(27)15-13(2)16(19(26)23(3)4)29-18(15)22-17(25)14-7-11-24(12-8-14)10-6-9-21/h14H,5-8,10-12H2,1-4H3,(H,22,25). The maximum Gasteiger partial charge on any atom is 0.341 e. The van der Waals surface area contributed by atoms with Gasteiger partial charge in [-0.3, -0.25) is 9.59 Å². The Morgan fingerprint density at radius 3 is 2.52 bits per heavy atom. The number of nitrogens with zero attached hydrogens (tertiary/aromatic N) is 3. The topological polar surface area (TPSA) is 103 Å². The quantitative estimate of drug-likeness (QED) is 0.680. The van der Waals surface area contributed by atoms with Crippen molar-refractivity contribution in [2.45, 2.75) is 33.1 Å². The van der Waals surface area contributed by atoms with E-state index < -0.39 is 5.97 Å². The third kappa shape index (κ3) is 5.55. The van der Waals surface area contributed by atoms with Crippen LogP contribution in [0.4, 0.5) is 5.00 Å². The van der Waals surface area contributed by atoms with Gasteiger partial charge in [-0.05, 0) is 45.3 Å². The van der Waals surface area contributed by atoms with Gasteiger partial charge in [0.05, 0.1) is 23.1 Å². The molecule has 0 spiro atoms. The van der Waals surface area contributed by atoms with Crippen molar-refractivity contribution in [1.29, 1.82) is 5.26 Å². The van der Waals surface area contributed by atoms with E-state index >= 15 is 0 Å². The summed E-state index contributed by atoms with van der Waals surface area (Å²) in [5.74, 6) is -1.08. The highest BCUT2D eigenvalue weighted by molar-refractivity contribution is 7.18. The molecule has 1 aromatic rings. The number of hydrogen-bond acceptors (Lipinski definition) is 7. The monoisotopic (exact) mass is 420 g/mol. The van der Waals surface area contributed by atoms with Crippen molar-refractivity contribution in [2.24, 2.45) is 5.92 Å². The number of piperidine rings is 1. The first kappa shape index (κ1) is 22.8. The van der Waals surface area contributed by atoms with E-state index in [0.29, 0.717) is 34.7 Å². The van der Waals surface area contributed by atoms with Gasteiger partial charge < -0.3 is 19.9 Å². The van der Waals surface area contributed by atoms with Gasteiger partial charge in [0.1, 0.15) is 5.00 Å². The summed E-state index contributed by atoms with van der Waals surface area (Å²) in [4.78, 5) is 41.8. The highest BCUT2D eigenvalue weighted by Gasteiger charge is 2.30. The van der Waals surface area contributed by atoms with E-state index in [4.69, 9.17) is 10.00 Å². The highest BCUT2D eigenvalue weighted by atomic mass is 32.1. The molecule has 1 fully saturated rings. The predicted octanol–water partition coefficient (Wildman–Crippen LogP) is 2.50. The van der Waals surface area contributed by atoms with Crippen LogP contribution in [0.3, 0.4) is 0 Å². The molecular weight excluding hydrogens is 392 g/mol. The lowest BCUT2D eigenvalue weighted by molar-refractivity contribution is -0.121. The normalized spacial score (nSPS) is 14.9. The SMILES string of the molecule is CCOC(=O)c1c(NC(=O)C2CCN(CCC#N)CC2)sc(C(=O)N(C)C)c1C. The molecule has 1 aliphatic rings. The smallest absolute Gasteiger partial charge is 0.341 e. The Morgan fingerprint density at radius 1 is 1.31 bits per heavy atom. The molecule has 1 N–H and O–H groups in total. The van der Waals surface area contributed by atoms with Crippen molar-refractivity contribution >= 4 is 34.1 Å². The lowest BCUT2D eigenvalue weighted by atomic mass is 9.96. The summed E-state index contributed by atoms with van der Waals surface area (Å²) in [6.45, 7) is 5.86. The zero-order valence-corrected chi connectivity index (χ0v) is 18.2. The van der Waals surface area contributed by atoms with Gasteiger partial charge in [-0.25, -0.2) is 4.79 Å². The minimum absolute atomic E-state index is 0.152. The lowest BCUT2D eigenvalue weighted by Gasteiger charge is -2.30. The Balaban J connectivity index is 2.17. The van der Waals surface area contributed by atoms with Gasteiger partial charge in [-0.2, -0.15) is 5.26 Å². The number of hydrogen-bond donors (Lipinski definition) is 1. The van der Waals surface area contributed by atoms with E-state index in [1.165, 1.54) is 4.90 Å². The van der Waals surface area contributed by atoms with Gasteiger partial charge in [-0.1, -0.05) is 0 Å². The summed E-state index contributed by atoms with van der Waals surface area (Å²) in [6.07, 6.45) is 1.87. The molecule has 0 atom stereocenters. The molecule has 1 aliphatic heterocycles. The number of nitrogens with one attached hydrogen (secondary N) is 1. The zero-order chi connectivity index (χ0) is 21.6. The number of ether oxygens (including phenoxy) is 1. The fraction of sp³-hybridized carbons (Fsp3) is 0.600. The molecule has 158 valence electrons. The summed E-state index contributed by atoms with van der Waals surface area (Å²) in [5.41, 5.74) is 0.774. The van der Waals surface area contributed by atoms with Crippen LogP contribution in [0.1, 0.15) is 51.8 Å². The lowest BCUT2D eigenvalue weighted by Crippen LogP contribution is -2.38. The molecule has 29 heavy (non-hydrogen) atoms. The number of thiophene rings is 1. The van der Waals surface area contributed by atoms with E-state index in [1.807, 2.05) is 0 Å². The molecule has 1 aromatic heterocycles. The second-order valence-electron chi connectivity index (χ2n) is 7.19. The third-order valence-corrected chi connectivity index (χ3v) is 6.16. The molecule has 1 saturated heterocycles. The largest absolute Gasteiger partial charge is 0.462 e. The molecule has 8 nitrogen and oxygen atoms in total. The molecule has 0 aliphatic carbocycles. The average molecular weight is 421 g/mol. The Kier molecular flexibility index (Phi) is 8.17. The summed E-state index contributed by atoms with van der Waals surface area (Å²) < 4.78 is 5.14. The van der Waals surface area contributed by atoms with Crippen molar-refractivity contribution in [3.63, 3.8) is 0 Å². The second-order valence-corrected chi connectivity index (χ2v) is 8.21. The molecule has 0 radical (unpaired) electrons. The Hall–Kier alpha value is -2.44. The van der Waals surface area contributed by atoms with Crippen molar-refractivity contribution < 1.29 is 19.1 Å². The van der Waals surface area contributed by atoms with Crippen molar-refractivity contribution in [3.8, 4) is 6.07 Å². The summed E-state index contributed by atoms with van der Waals surface area (Å²) in [7, 11) is 3.29. The van der Waals surface area contributed by atoms with E-state index in [0.717, 1.165) is 31.0 Å². The van der Waals surface area contributed by atoms with E-state index in [9.17, 15) is 14.4 Å². The summed E-state index contributed by atoms with van der Waals surface area (Å²) in [5, 5.41) is 11.9. The maximum absolute atomic E-state index is 12.8. The number of amides is 2. The van der Waals surface area contributed by atoms with Gasteiger partial charge in [-0.15, -0.1) is 11.3 Å². The number of anilines is 1. The number of rotatable bonds is 7. The minimum atomic E-state index is -0.541. The molecule has 0 unspecified atom stereocenters. The molecule has 0 bridgehead atoms. The molecular formula is C20H28N4O4S. The number of carbonyl (C=O) groups is 3. The summed E-state index contributed by atoms with van der Waals surface area (Å²) in [6, 6.07) is 2.14. The first-order valence-electron chi connectivity index (χ1n) is 9.72. The number of carbonyl (C=O) groups excluding carboxylic acids is 3. The Labute approximate surface area is 175 Å². The van der Waals surface area contributed by atoms with Crippen LogP contribution in [0.25, 0.3) is 0 Å². The van der Waals surface area contributed by atoms with Crippen LogP contribution in [-0.2, 0) is 9.53 Å². The fourth-order valence-electron chi connectivity index (χ4n) is 3.30. The maximum atomic E-state index is 12.8. The molecule has 0 aromatic carbocycles. The van der Waals surface area contributed by atoms with Gasteiger partial charge in [0, 0.05) is 33.0 Å². The fourth-order valence-corrected chi connectivity index (χ4v) is 4.52. The van der Waals surface area contributed by atoms with Gasteiger partial charge in [0.25, 0.3) is 5.91 Å². The molecule has 2 rings (SSSR count). The van der Waals surface area contributed by atoms with E-state index in [2.05, 4.69) is 16.3 Å². The van der Waals surface area contributed by atoms with Crippen LogP contribution < -0.4 is 5.32 Å². The number of likely N-dealkylation sites (tertiary alicyclic amines) is 1. The van der Waals surface area contributed by atoms with Gasteiger partial charge >= 0.3 is 5.97 Å². The van der Waals surface area contributed by atoms with Gasteiger partial charge in [0.2, 0.25) is 5.91 Å². The van der Waals surface area contributed by atoms with Crippen LogP contribution in [-0.4, -0.2) is 67.9 Å². The second kappa shape index (κ2) is 10.4. The molecule has 2 amide bonds. The van der Waals surface area contributed by atoms with Crippen LogP contribution in [0, 0.1) is 24.2 Å². The van der Waals surface area contributed by atoms with Crippen LogP contribution in [0.15, 0.2) is 0 Å². The Morgan fingerprint density at radius 2 is 1.97 bits per heavy atom. The minimum Gasteiger partial charge on any atom is -0.462 e. The van der Waals surface area contributed by atoms with Crippen LogP contribution in [0.5, 0.6) is 0 Å².